The quantitative estimate of drug-likeness (QED) is 0.838. The molecule has 1 amide bonds. The summed E-state index contributed by atoms with van der Waals surface area (Å²) in [5.41, 5.74) is 1.43. The first-order valence-corrected chi connectivity index (χ1v) is 6.77. The molecule has 2 aromatic rings. The average molecular weight is 341 g/mol. The Morgan fingerprint density at radius 1 is 1.26 bits per heavy atom. The molecular formula is C15H21ClN4O3. The smallest absolute Gasteiger partial charge is 0.246 e. The summed E-state index contributed by atoms with van der Waals surface area (Å²) in [5.74, 6) is 0.989. The van der Waals surface area contributed by atoms with Gasteiger partial charge in [0.2, 0.25) is 5.91 Å². The minimum atomic E-state index is -0.484. The van der Waals surface area contributed by atoms with Crippen molar-refractivity contribution in [1.82, 2.24) is 15.1 Å². The largest absolute Gasteiger partial charge is 0.493 e. The van der Waals surface area contributed by atoms with Crippen LogP contribution in [-0.2, 0) is 11.8 Å². The molecule has 0 aliphatic heterocycles. The topological polar surface area (TPSA) is 77.4 Å². The second-order valence-electron chi connectivity index (χ2n) is 4.73. The van der Waals surface area contributed by atoms with E-state index in [4.69, 9.17) is 9.47 Å². The number of anilines is 1. The first-order valence-electron chi connectivity index (χ1n) is 6.77. The van der Waals surface area contributed by atoms with Crippen molar-refractivity contribution in [3.8, 4) is 11.5 Å². The number of nitrogens with one attached hydrogen (secondary N) is 2. The van der Waals surface area contributed by atoms with Crippen LogP contribution in [0.3, 0.4) is 0 Å². The third-order valence-electron chi connectivity index (χ3n) is 3.26. The van der Waals surface area contributed by atoms with Crippen LogP contribution in [0.4, 0.5) is 5.69 Å². The molecule has 23 heavy (non-hydrogen) atoms. The number of carbonyl (C=O) groups excluding carboxylic acids is 1. The highest BCUT2D eigenvalue weighted by Gasteiger charge is 2.20. The predicted molar refractivity (Wildman–Crippen MR) is 90.4 cm³/mol. The first kappa shape index (κ1) is 18.8. The van der Waals surface area contributed by atoms with Crippen LogP contribution >= 0.6 is 12.4 Å². The Morgan fingerprint density at radius 2 is 1.96 bits per heavy atom. The van der Waals surface area contributed by atoms with E-state index in [1.54, 1.807) is 56.5 Å². The fourth-order valence-electron chi connectivity index (χ4n) is 2.17. The number of nitrogens with zero attached hydrogens (tertiary/aromatic N) is 2. The van der Waals surface area contributed by atoms with Crippen molar-refractivity contribution in [2.24, 2.45) is 7.05 Å². The minimum Gasteiger partial charge on any atom is -0.493 e. The third kappa shape index (κ3) is 4.37. The first-order chi connectivity index (χ1) is 10.6. The lowest BCUT2D eigenvalue weighted by Crippen LogP contribution is -2.30. The number of aryl methyl sites for hydroxylation is 1. The van der Waals surface area contributed by atoms with Gasteiger partial charge in [0.25, 0.3) is 0 Å². The van der Waals surface area contributed by atoms with Crippen molar-refractivity contribution in [3.05, 3.63) is 36.2 Å². The maximum Gasteiger partial charge on any atom is 0.246 e. The molecule has 2 rings (SSSR count). The lowest BCUT2D eigenvalue weighted by molar-refractivity contribution is -0.118. The van der Waals surface area contributed by atoms with Gasteiger partial charge in [-0.2, -0.15) is 5.10 Å². The SMILES string of the molecule is CNC(C(=O)Nc1ccc(OC)c(OC)c1)c1cnn(C)c1.Cl. The summed E-state index contributed by atoms with van der Waals surface area (Å²) in [7, 11) is 6.65. The van der Waals surface area contributed by atoms with Crippen LogP contribution in [0.5, 0.6) is 11.5 Å². The molecule has 126 valence electrons. The number of amides is 1. The second-order valence-corrected chi connectivity index (χ2v) is 4.73. The van der Waals surface area contributed by atoms with Crippen LogP contribution in [0.1, 0.15) is 11.6 Å². The molecule has 0 aliphatic carbocycles. The number of benzene rings is 1. The molecule has 0 spiro atoms. The fraction of sp³-hybridized carbons (Fsp3) is 0.333. The molecule has 0 saturated carbocycles. The lowest BCUT2D eigenvalue weighted by Gasteiger charge is -2.15. The van der Waals surface area contributed by atoms with E-state index in [9.17, 15) is 4.79 Å². The summed E-state index contributed by atoms with van der Waals surface area (Å²) in [6.07, 6.45) is 3.46. The Kier molecular flexibility index (Phi) is 6.87. The highest BCUT2D eigenvalue weighted by Crippen LogP contribution is 2.30. The zero-order chi connectivity index (χ0) is 16.1. The summed E-state index contributed by atoms with van der Waals surface area (Å²) >= 11 is 0. The van der Waals surface area contributed by atoms with Crippen LogP contribution in [0.25, 0.3) is 0 Å². The third-order valence-corrected chi connectivity index (χ3v) is 3.26. The van der Waals surface area contributed by atoms with Gasteiger partial charge in [-0.15, -0.1) is 12.4 Å². The van der Waals surface area contributed by atoms with Gasteiger partial charge in [-0.25, -0.2) is 0 Å². The van der Waals surface area contributed by atoms with Gasteiger partial charge in [0.1, 0.15) is 6.04 Å². The molecule has 0 bridgehead atoms. The van der Waals surface area contributed by atoms with Crippen LogP contribution in [-0.4, -0.2) is 37.0 Å². The Morgan fingerprint density at radius 3 is 2.48 bits per heavy atom. The van der Waals surface area contributed by atoms with E-state index in [0.717, 1.165) is 5.56 Å². The normalized spacial score (nSPS) is 11.3. The molecule has 1 aromatic heterocycles. The van der Waals surface area contributed by atoms with Crippen molar-refractivity contribution < 1.29 is 14.3 Å². The van der Waals surface area contributed by atoms with Gasteiger partial charge in [0.05, 0.1) is 20.4 Å². The molecule has 1 aromatic carbocycles. The van der Waals surface area contributed by atoms with E-state index in [1.165, 1.54) is 0 Å². The van der Waals surface area contributed by atoms with E-state index in [-0.39, 0.29) is 18.3 Å². The van der Waals surface area contributed by atoms with Crippen molar-refractivity contribution in [3.63, 3.8) is 0 Å². The van der Waals surface area contributed by atoms with Crippen LogP contribution in [0.15, 0.2) is 30.6 Å². The van der Waals surface area contributed by atoms with Crippen LogP contribution in [0, 0.1) is 0 Å². The molecule has 0 fully saturated rings. The fourth-order valence-corrected chi connectivity index (χ4v) is 2.17. The highest BCUT2D eigenvalue weighted by atomic mass is 35.5. The molecule has 8 heteroatoms. The van der Waals surface area contributed by atoms with E-state index in [0.29, 0.717) is 17.2 Å². The van der Waals surface area contributed by atoms with Crippen LogP contribution in [0.2, 0.25) is 0 Å². The van der Waals surface area contributed by atoms with Gasteiger partial charge in [-0.1, -0.05) is 0 Å². The summed E-state index contributed by atoms with van der Waals surface area (Å²) in [6, 6.07) is 4.73. The number of hydrogen-bond donors (Lipinski definition) is 2. The monoisotopic (exact) mass is 340 g/mol. The predicted octanol–water partition coefficient (Wildman–Crippen LogP) is 1.76. The second kappa shape index (κ2) is 8.40. The number of aromatic nitrogens is 2. The Bertz CT molecular complexity index is 660. The zero-order valence-corrected chi connectivity index (χ0v) is 14.3. The molecule has 1 unspecified atom stereocenters. The van der Waals surface area contributed by atoms with Crippen molar-refractivity contribution in [2.45, 2.75) is 6.04 Å². The lowest BCUT2D eigenvalue weighted by atomic mass is 10.1. The number of halogens is 1. The maximum absolute atomic E-state index is 12.4. The number of likely N-dealkylation sites (N-methyl/N-ethyl adjacent to an activating group) is 1. The van der Waals surface area contributed by atoms with Gasteiger partial charge in [-0.05, 0) is 19.2 Å². The minimum absolute atomic E-state index is 0. The average Bonchev–Trinajstić information content (AvgIpc) is 2.94. The van der Waals surface area contributed by atoms with E-state index in [2.05, 4.69) is 15.7 Å². The molecule has 0 radical (unpaired) electrons. The number of carbonyl (C=O) groups is 1. The molecule has 0 aliphatic rings. The van der Waals surface area contributed by atoms with Gasteiger partial charge >= 0.3 is 0 Å². The molecular weight excluding hydrogens is 320 g/mol. The molecule has 1 heterocycles. The number of ether oxygens (including phenoxy) is 2. The van der Waals surface area contributed by atoms with Crippen molar-refractivity contribution in [1.29, 1.82) is 0 Å². The number of hydrogen-bond acceptors (Lipinski definition) is 5. The van der Waals surface area contributed by atoms with E-state index in [1.807, 2.05) is 7.05 Å². The standard InChI is InChI=1S/C15H20N4O3.ClH/c1-16-14(10-8-17-19(2)9-10)15(20)18-11-5-6-12(21-3)13(7-11)22-4;/h5-9,14,16H,1-4H3,(H,18,20);1H. The number of rotatable bonds is 6. The Hall–Kier alpha value is -2.25. The maximum atomic E-state index is 12.4. The van der Waals surface area contributed by atoms with Gasteiger partial charge in [0.15, 0.2) is 11.5 Å². The summed E-state index contributed by atoms with van der Waals surface area (Å²) in [4.78, 5) is 12.4. The van der Waals surface area contributed by atoms with Crippen LogP contribution < -0.4 is 20.1 Å². The van der Waals surface area contributed by atoms with E-state index >= 15 is 0 Å². The molecule has 0 saturated heterocycles. The van der Waals surface area contributed by atoms with Crippen molar-refractivity contribution in [2.75, 3.05) is 26.6 Å². The molecule has 2 N–H and O–H groups in total. The highest BCUT2D eigenvalue weighted by molar-refractivity contribution is 5.95. The van der Waals surface area contributed by atoms with Crippen molar-refractivity contribution >= 4 is 24.0 Å². The molecule has 7 nitrogen and oxygen atoms in total. The molecule has 1 atom stereocenters. The summed E-state index contributed by atoms with van der Waals surface area (Å²) in [6.45, 7) is 0. The van der Waals surface area contributed by atoms with E-state index < -0.39 is 6.04 Å². The van der Waals surface area contributed by atoms with Gasteiger partial charge in [-0.3, -0.25) is 9.48 Å². The van der Waals surface area contributed by atoms with Gasteiger partial charge in [0, 0.05) is 30.6 Å². The Balaban J connectivity index is 0.00000264. The Labute approximate surface area is 141 Å². The zero-order valence-electron chi connectivity index (χ0n) is 13.5. The van der Waals surface area contributed by atoms with Gasteiger partial charge < -0.3 is 20.1 Å². The summed E-state index contributed by atoms with van der Waals surface area (Å²) < 4.78 is 12.1. The number of methoxy groups -OCH3 is 2. The summed E-state index contributed by atoms with van der Waals surface area (Å²) in [5, 5.41) is 9.92.